The number of rotatable bonds is 3. The van der Waals surface area contributed by atoms with Crippen LogP contribution >= 0.6 is 23.2 Å². The number of aromatic nitrogens is 2. The number of anilines is 1. The molecule has 2 aromatic rings. The number of hydrogen-bond donors (Lipinski definition) is 1. The molecule has 7 heteroatoms. The molecule has 2 heterocycles. The van der Waals surface area contributed by atoms with E-state index in [0.29, 0.717) is 26.9 Å². The molecule has 24 heavy (non-hydrogen) atoms. The molecule has 1 aliphatic heterocycles. The molecule has 0 fully saturated rings. The minimum atomic E-state index is -0.506. The Labute approximate surface area is 150 Å². The number of carbonyl (C=O) groups excluding carboxylic acids is 1. The topological polar surface area (TPSA) is 56.2 Å². The molecule has 1 aromatic carbocycles. The fourth-order valence-corrected chi connectivity index (χ4v) is 3.18. The summed E-state index contributed by atoms with van der Waals surface area (Å²) < 4.78 is 7.13. The minimum Gasteiger partial charge on any atom is -0.459 e. The lowest BCUT2D eigenvalue weighted by Gasteiger charge is -2.30. The van der Waals surface area contributed by atoms with Crippen LogP contribution in [0.15, 0.2) is 41.7 Å². The largest absolute Gasteiger partial charge is 0.459 e. The Kier molecular flexibility index (Phi) is 4.56. The van der Waals surface area contributed by atoms with Gasteiger partial charge in [0.15, 0.2) is 0 Å². The monoisotopic (exact) mass is 365 g/mol. The Morgan fingerprint density at radius 1 is 1.33 bits per heavy atom. The zero-order valence-corrected chi connectivity index (χ0v) is 15.0. The lowest BCUT2D eigenvalue weighted by atomic mass is 9.95. The minimum absolute atomic E-state index is 0.229. The first-order chi connectivity index (χ1) is 11.4. The van der Waals surface area contributed by atoms with Crippen molar-refractivity contribution >= 4 is 35.0 Å². The van der Waals surface area contributed by atoms with Gasteiger partial charge < -0.3 is 10.1 Å². The van der Waals surface area contributed by atoms with E-state index in [1.807, 2.05) is 32.9 Å². The quantitative estimate of drug-likeness (QED) is 0.817. The number of allylic oxidation sites excluding steroid dienone is 1. The number of esters is 1. The summed E-state index contributed by atoms with van der Waals surface area (Å²) in [5.41, 5.74) is 1.87. The second kappa shape index (κ2) is 6.49. The number of benzene rings is 1. The van der Waals surface area contributed by atoms with Gasteiger partial charge in [0, 0.05) is 17.3 Å². The highest BCUT2D eigenvalue weighted by atomic mass is 35.5. The zero-order valence-electron chi connectivity index (χ0n) is 13.5. The van der Waals surface area contributed by atoms with Crippen molar-refractivity contribution in [1.82, 2.24) is 9.78 Å². The summed E-state index contributed by atoms with van der Waals surface area (Å²) in [6.07, 6.45) is 1.44. The third-order valence-corrected chi connectivity index (χ3v) is 4.58. The maximum absolute atomic E-state index is 12.7. The number of nitrogens with one attached hydrogen (secondary N) is 1. The molecule has 0 aliphatic carbocycles. The normalized spacial score (nSPS) is 16.8. The smallest absolute Gasteiger partial charge is 0.338 e. The summed E-state index contributed by atoms with van der Waals surface area (Å²) in [7, 11) is 0. The molecule has 5 nitrogen and oxygen atoms in total. The van der Waals surface area contributed by atoms with Crippen LogP contribution in [0.4, 0.5) is 5.82 Å². The average Bonchev–Trinajstić information content (AvgIpc) is 2.96. The fourth-order valence-electron chi connectivity index (χ4n) is 2.77. The second-order valence-electron chi connectivity index (χ2n) is 5.82. The molecule has 1 aliphatic rings. The van der Waals surface area contributed by atoms with Crippen molar-refractivity contribution in [3.63, 3.8) is 0 Å². The number of fused-ring (bicyclic) bond motifs is 1. The molecule has 1 aromatic heterocycles. The summed E-state index contributed by atoms with van der Waals surface area (Å²) in [5, 5.41) is 8.35. The van der Waals surface area contributed by atoms with E-state index in [1.54, 1.807) is 23.0 Å². The Hall–Kier alpha value is -1.98. The molecule has 0 radical (unpaired) electrons. The van der Waals surface area contributed by atoms with E-state index in [9.17, 15) is 4.79 Å². The highest BCUT2D eigenvalue weighted by Gasteiger charge is 2.35. The standard InChI is InChI=1S/C17H17Cl2N3O2/c1-9(2)24-17(23)14-10(3)21-13-7-8-20-22(13)16(14)11-5-4-6-12(18)15(11)19/h4-9,16,21H,1-3H3. The number of carbonyl (C=O) groups is 1. The third kappa shape index (κ3) is 2.89. The predicted molar refractivity (Wildman–Crippen MR) is 94.4 cm³/mol. The van der Waals surface area contributed by atoms with Crippen LogP contribution in [0.25, 0.3) is 0 Å². The third-order valence-electron chi connectivity index (χ3n) is 3.75. The highest BCUT2D eigenvalue weighted by molar-refractivity contribution is 6.42. The molecule has 0 amide bonds. The molecule has 0 saturated heterocycles. The van der Waals surface area contributed by atoms with E-state index in [-0.39, 0.29) is 6.10 Å². The van der Waals surface area contributed by atoms with Crippen LogP contribution in [0.1, 0.15) is 32.4 Å². The maximum Gasteiger partial charge on any atom is 0.338 e. The molecule has 3 rings (SSSR count). The lowest BCUT2D eigenvalue weighted by Crippen LogP contribution is -2.30. The van der Waals surface area contributed by atoms with Crippen LogP contribution in [-0.4, -0.2) is 21.9 Å². The molecule has 0 bridgehead atoms. The van der Waals surface area contributed by atoms with Gasteiger partial charge in [-0.05, 0) is 26.8 Å². The van der Waals surface area contributed by atoms with Crippen LogP contribution in [0, 0.1) is 0 Å². The Balaban J connectivity index is 2.18. The highest BCUT2D eigenvalue weighted by Crippen LogP contribution is 2.40. The van der Waals surface area contributed by atoms with Crippen LogP contribution < -0.4 is 5.32 Å². The molecule has 0 saturated carbocycles. The van der Waals surface area contributed by atoms with Crippen molar-refractivity contribution in [1.29, 1.82) is 0 Å². The lowest BCUT2D eigenvalue weighted by molar-refractivity contribution is -0.143. The fraction of sp³-hybridized carbons (Fsp3) is 0.294. The summed E-state index contributed by atoms with van der Waals surface area (Å²) in [4.78, 5) is 12.7. The number of hydrogen-bond acceptors (Lipinski definition) is 4. The van der Waals surface area contributed by atoms with Gasteiger partial charge in [-0.1, -0.05) is 35.3 Å². The van der Waals surface area contributed by atoms with Crippen molar-refractivity contribution in [3.8, 4) is 0 Å². The molecule has 0 spiro atoms. The van der Waals surface area contributed by atoms with Crippen LogP contribution in [-0.2, 0) is 9.53 Å². The van der Waals surface area contributed by atoms with Crippen molar-refractivity contribution in [2.45, 2.75) is 32.9 Å². The predicted octanol–water partition coefficient (Wildman–Crippen LogP) is 4.43. The molecule has 1 unspecified atom stereocenters. The molecular weight excluding hydrogens is 349 g/mol. The summed E-state index contributed by atoms with van der Waals surface area (Å²) >= 11 is 12.6. The summed E-state index contributed by atoms with van der Waals surface area (Å²) in [5.74, 6) is 0.367. The van der Waals surface area contributed by atoms with Gasteiger partial charge in [0.1, 0.15) is 11.9 Å². The average molecular weight is 366 g/mol. The van der Waals surface area contributed by atoms with E-state index in [0.717, 1.165) is 5.82 Å². The van der Waals surface area contributed by atoms with Crippen molar-refractivity contribution in [2.75, 3.05) is 5.32 Å². The van der Waals surface area contributed by atoms with Crippen molar-refractivity contribution < 1.29 is 9.53 Å². The van der Waals surface area contributed by atoms with Crippen molar-refractivity contribution in [3.05, 3.63) is 57.3 Å². The van der Waals surface area contributed by atoms with Gasteiger partial charge >= 0.3 is 5.97 Å². The number of ether oxygens (including phenoxy) is 1. The van der Waals surface area contributed by atoms with E-state index < -0.39 is 12.0 Å². The number of nitrogens with zero attached hydrogens (tertiary/aromatic N) is 2. The SMILES string of the molecule is CC1=C(C(=O)OC(C)C)C(c2cccc(Cl)c2Cl)n2nccc2N1. The van der Waals surface area contributed by atoms with Gasteiger partial charge in [-0.3, -0.25) is 0 Å². The van der Waals surface area contributed by atoms with Gasteiger partial charge in [-0.25, -0.2) is 9.48 Å². The maximum atomic E-state index is 12.7. The van der Waals surface area contributed by atoms with Gasteiger partial charge in [-0.15, -0.1) is 0 Å². The summed E-state index contributed by atoms with van der Waals surface area (Å²) in [6.45, 7) is 5.45. The zero-order chi connectivity index (χ0) is 17.4. The van der Waals surface area contributed by atoms with E-state index in [2.05, 4.69) is 10.4 Å². The Morgan fingerprint density at radius 2 is 2.08 bits per heavy atom. The Morgan fingerprint density at radius 3 is 2.79 bits per heavy atom. The van der Waals surface area contributed by atoms with Gasteiger partial charge in [-0.2, -0.15) is 5.10 Å². The van der Waals surface area contributed by atoms with Crippen LogP contribution in [0.2, 0.25) is 10.0 Å². The van der Waals surface area contributed by atoms with Crippen LogP contribution in [0.5, 0.6) is 0 Å². The van der Waals surface area contributed by atoms with Gasteiger partial charge in [0.05, 0.1) is 27.9 Å². The molecule has 126 valence electrons. The second-order valence-corrected chi connectivity index (χ2v) is 6.61. The van der Waals surface area contributed by atoms with Gasteiger partial charge in [0.2, 0.25) is 0 Å². The Bertz CT molecular complexity index is 827. The van der Waals surface area contributed by atoms with E-state index in [4.69, 9.17) is 27.9 Å². The van der Waals surface area contributed by atoms with Crippen molar-refractivity contribution in [2.24, 2.45) is 0 Å². The molecule has 1 atom stereocenters. The van der Waals surface area contributed by atoms with Crippen LogP contribution in [0.3, 0.4) is 0 Å². The van der Waals surface area contributed by atoms with Gasteiger partial charge in [0.25, 0.3) is 0 Å². The summed E-state index contributed by atoms with van der Waals surface area (Å²) in [6, 6.07) is 6.68. The first-order valence-corrected chi connectivity index (χ1v) is 8.32. The first kappa shape index (κ1) is 16.9. The number of halogens is 2. The first-order valence-electron chi connectivity index (χ1n) is 7.56. The molecular formula is C17H17Cl2N3O2. The van der Waals surface area contributed by atoms with E-state index in [1.165, 1.54) is 0 Å². The van der Waals surface area contributed by atoms with E-state index >= 15 is 0 Å². The molecule has 1 N–H and O–H groups in total.